The van der Waals surface area contributed by atoms with Crippen LogP contribution in [0.2, 0.25) is 10.0 Å². The van der Waals surface area contributed by atoms with Crippen LogP contribution < -0.4 is 0 Å². The summed E-state index contributed by atoms with van der Waals surface area (Å²) in [6.07, 6.45) is 6.13. The van der Waals surface area contributed by atoms with Crippen molar-refractivity contribution in [3.8, 4) is 0 Å². The Morgan fingerprint density at radius 3 is 2.62 bits per heavy atom. The maximum atomic E-state index is 12.1. The molecule has 0 aliphatic heterocycles. The van der Waals surface area contributed by atoms with Crippen molar-refractivity contribution in [3.63, 3.8) is 0 Å². The number of carbonyl (C=O) groups excluding carboxylic acids is 1. The van der Waals surface area contributed by atoms with Crippen molar-refractivity contribution in [2.45, 2.75) is 25.7 Å². The molecule has 0 radical (unpaired) electrons. The van der Waals surface area contributed by atoms with Crippen LogP contribution in [0.15, 0.2) is 29.8 Å². The van der Waals surface area contributed by atoms with Gasteiger partial charge in [-0.15, -0.1) is 0 Å². The van der Waals surface area contributed by atoms with Gasteiger partial charge in [0, 0.05) is 10.6 Å². The second-order valence-corrected chi connectivity index (χ2v) is 4.77. The van der Waals surface area contributed by atoms with E-state index in [4.69, 9.17) is 23.2 Å². The van der Waals surface area contributed by atoms with E-state index in [1.54, 1.807) is 18.2 Å². The van der Waals surface area contributed by atoms with Crippen molar-refractivity contribution < 1.29 is 4.79 Å². The second kappa shape index (κ2) is 5.03. The molecule has 2 rings (SSSR count). The summed E-state index contributed by atoms with van der Waals surface area (Å²) in [7, 11) is 0. The molecule has 0 fully saturated rings. The predicted molar refractivity (Wildman–Crippen MR) is 67.3 cm³/mol. The third-order valence-corrected chi connectivity index (χ3v) is 3.31. The standard InChI is InChI=1S/C13H12Cl2O/c14-10-6-7-11(12(15)8-10)13(16)9-4-2-1-3-5-9/h4,6-8H,1-3,5H2. The van der Waals surface area contributed by atoms with Gasteiger partial charge in [-0.3, -0.25) is 4.79 Å². The molecule has 1 aliphatic rings. The fourth-order valence-electron chi connectivity index (χ4n) is 1.89. The molecule has 0 saturated carbocycles. The smallest absolute Gasteiger partial charge is 0.190 e. The SMILES string of the molecule is O=C(C1=CCCCC1)c1ccc(Cl)cc1Cl. The Labute approximate surface area is 105 Å². The lowest BCUT2D eigenvalue weighted by atomic mass is 9.93. The van der Waals surface area contributed by atoms with Crippen LogP contribution in [0.3, 0.4) is 0 Å². The highest BCUT2D eigenvalue weighted by Gasteiger charge is 2.16. The molecule has 0 atom stereocenters. The summed E-state index contributed by atoms with van der Waals surface area (Å²) >= 11 is 11.8. The zero-order chi connectivity index (χ0) is 11.5. The molecule has 1 aliphatic carbocycles. The predicted octanol–water partition coefficient (Wildman–Crippen LogP) is 4.68. The Kier molecular flexibility index (Phi) is 3.67. The molecule has 1 aromatic carbocycles. The molecule has 1 aromatic rings. The lowest BCUT2D eigenvalue weighted by Gasteiger charge is -2.12. The number of ketones is 1. The van der Waals surface area contributed by atoms with Gasteiger partial charge >= 0.3 is 0 Å². The first kappa shape index (κ1) is 11.7. The summed E-state index contributed by atoms with van der Waals surface area (Å²) in [5, 5.41) is 0.989. The van der Waals surface area contributed by atoms with Crippen LogP contribution in [0, 0.1) is 0 Å². The molecule has 0 unspecified atom stereocenters. The number of benzene rings is 1. The Balaban J connectivity index is 2.30. The van der Waals surface area contributed by atoms with E-state index in [9.17, 15) is 4.79 Å². The van der Waals surface area contributed by atoms with E-state index in [-0.39, 0.29) is 5.78 Å². The van der Waals surface area contributed by atoms with Crippen molar-refractivity contribution in [3.05, 3.63) is 45.5 Å². The summed E-state index contributed by atoms with van der Waals surface area (Å²) in [4.78, 5) is 12.1. The molecule has 0 amide bonds. The molecule has 0 aromatic heterocycles. The van der Waals surface area contributed by atoms with Crippen LogP contribution >= 0.6 is 23.2 Å². The minimum absolute atomic E-state index is 0.0429. The van der Waals surface area contributed by atoms with Crippen LogP contribution in [-0.4, -0.2) is 5.78 Å². The summed E-state index contributed by atoms with van der Waals surface area (Å²) in [6, 6.07) is 5.01. The van der Waals surface area contributed by atoms with Crippen molar-refractivity contribution >= 4 is 29.0 Å². The van der Waals surface area contributed by atoms with Gasteiger partial charge in [-0.25, -0.2) is 0 Å². The maximum Gasteiger partial charge on any atom is 0.190 e. The lowest BCUT2D eigenvalue weighted by Crippen LogP contribution is -2.07. The zero-order valence-corrected chi connectivity index (χ0v) is 10.3. The van der Waals surface area contributed by atoms with Gasteiger partial charge in [0.15, 0.2) is 5.78 Å². The summed E-state index contributed by atoms with van der Waals surface area (Å²) in [5.41, 5.74) is 1.44. The van der Waals surface area contributed by atoms with Gasteiger partial charge in [0.05, 0.1) is 5.02 Å². The molecular formula is C13H12Cl2O. The zero-order valence-electron chi connectivity index (χ0n) is 8.80. The van der Waals surface area contributed by atoms with Crippen molar-refractivity contribution in [2.75, 3.05) is 0 Å². The van der Waals surface area contributed by atoms with E-state index < -0.39 is 0 Å². The third-order valence-electron chi connectivity index (χ3n) is 2.76. The van der Waals surface area contributed by atoms with E-state index in [2.05, 4.69) is 0 Å². The quantitative estimate of drug-likeness (QED) is 0.701. The first-order chi connectivity index (χ1) is 7.68. The van der Waals surface area contributed by atoms with Crippen molar-refractivity contribution in [2.24, 2.45) is 0 Å². The summed E-state index contributed by atoms with van der Waals surface area (Å²) in [6.45, 7) is 0. The molecule has 0 spiro atoms. The van der Waals surface area contributed by atoms with Crippen LogP contribution in [-0.2, 0) is 0 Å². The van der Waals surface area contributed by atoms with E-state index >= 15 is 0 Å². The molecule has 84 valence electrons. The van der Waals surface area contributed by atoms with Gasteiger partial charge in [-0.1, -0.05) is 29.3 Å². The summed E-state index contributed by atoms with van der Waals surface area (Å²) < 4.78 is 0. The minimum Gasteiger partial charge on any atom is -0.289 e. The highest BCUT2D eigenvalue weighted by Crippen LogP contribution is 2.26. The first-order valence-corrected chi connectivity index (χ1v) is 6.13. The van der Waals surface area contributed by atoms with Crippen LogP contribution in [0.25, 0.3) is 0 Å². The van der Waals surface area contributed by atoms with Crippen LogP contribution in [0.5, 0.6) is 0 Å². The van der Waals surface area contributed by atoms with Gasteiger partial charge in [-0.2, -0.15) is 0 Å². The minimum atomic E-state index is 0.0429. The monoisotopic (exact) mass is 254 g/mol. The molecule has 1 nitrogen and oxygen atoms in total. The Morgan fingerprint density at radius 1 is 1.19 bits per heavy atom. The molecule has 0 bridgehead atoms. The van der Waals surface area contributed by atoms with Gasteiger partial charge in [0.1, 0.15) is 0 Å². The fraction of sp³-hybridized carbons (Fsp3) is 0.308. The van der Waals surface area contributed by atoms with E-state index in [1.807, 2.05) is 6.08 Å². The highest BCUT2D eigenvalue weighted by atomic mass is 35.5. The largest absolute Gasteiger partial charge is 0.289 e. The Bertz CT molecular complexity index is 449. The fourth-order valence-corrected chi connectivity index (χ4v) is 2.39. The van der Waals surface area contributed by atoms with Crippen molar-refractivity contribution in [1.82, 2.24) is 0 Å². The van der Waals surface area contributed by atoms with Gasteiger partial charge in [0.2, 0.25) is 0 Å². The Hall–Kier alpha value is -0.790. The van der Waals surface area contributed by atoms with Crippen LogP contribution in [0.1, 0.15) is 36.0 Å². The summed E-state index contributed by atoms with van der Waals surface area (Å²) in [5.74, 6) is 0.0429. The lowest BCUT2D eigenvalue weighted by molar-refractivity contribution is 0.102. The van der Waals surface area contributed by atoms with Crippen LogP contribution in [0.4, 0.5) is 0 Å². The number of rotatable bonds is 2. The molecule has 16 heavy (non-hydrogen) atoms. The molecule has 0 saturated heterocycles. The molecular weight excluding hydrogens is 243 g/mol. The Morgan fingerprint density at radius 2 is 2.00 bits per heavy atom. The van der Waals surface area contributed by atoms with E-state index in [1.165, 1.54) is 6.42 Å². The number of halogens is 2. The maximum absolute atomic E-state index is 12.1. The van der Waals surface area contributed by atoms with E-state index in [0.29, 0.717) is 15.6 Å². The number of hydrogen-bond acceptors (Lipinski definition) is 1. The molecule has 0 N–H and O–H groups in total. The highest BCUT2D eigenvalue weighted by molar-refractivity contribution is 6.37. The average Bonchev–Trinajstić information content (AvgIpc) is 2.29. The van der Waals surface area contributed by atoms with Gasteiger partial charge in [0.25, 0.3) is 0 Å². The topological polar surface area (TPSA) is 17.1 Å². The number of Topliss-reactive ketones (excluding diaryl/α,β-unsaturated/α-hetero) is 1. The van der Waals surface area contributed by atoms with Crippen molar-refractivity contribution in [1.29, 1.82) is 0 Å². The number of allylic oxidation sites excluding steroid dienone is 2. The molecule has 0 heterocycles. The van der Waals surface area contributed by atoms with Gasteiger partial charge < -0.3 is 0 Å². The average molecular weight is 255 g/mol. The first-order valence-electron chi connectivity index (χ1n) is 5.37. The molecule has 3 heteroatoms. The number of hydrogen-bond donors (Lipinski definition) is 0. The second-order valence-electron chi connectivity index (χ2n) is 3.93. The third kappa shape index (κ3) is 2.47. The van der Waals surface area contributed by atoms with Gasteiger partial charge in [-0.05, 0) is 49.5 Å². The van der Waals surface area contributed by atoms with E-state index in [0.717, 1.165) is 24.8 Å². The normalized spacial score (nSPS) is 15.8. The number of carbonyl (C=O) groups is 1.